The molecular formula is C17H22N2. The molecule has 100 valence electrons. The van der Waals surface area contributed by atoms with Crippen LogP contribution in [0.2, 0.25) is 0 Å². The quantitative estimate of drug-likeness (QED) is 0.826. The molecule has 2 heteroatoms. The molecule has 0 atom stereocenters. The van der Waals surface area contributed by atoms with Gasteiger partial charge in [-0.3, -0.25) is 4.90 Å². The monoisotopic (exact) mass is 254 g/mol. The predicted molar refractivity (Wildman–Crippen MR) is 81.8 cm³/mol. The summed E-state index contributed by atoms with van der Waals surface area (Å²) in [6.07, 6.45) is 0. The Morgan fingerprint density at radius 3 is 2.26 bits per heavy atom. The molecule has 0 bridgehead atoms. The fraction of sp³-hybridized carbons (Fsp3) is 0.294. The summed E-state index contributed by atoms with van der Waals surface area (Å²) in [6, 6.07) is 16.9. The van der Waals surface area contributed by atoms with Crippen LogP contribution in [0.4, 0.5) is 5.69 Å². The van der Waals surface area contributed by atoms with Crippen molar-refractivity contribution in [1.82, 2.24) is 4.90 Å². The molecule has 0 amide bonds. The Kier molecular flexibility index (Phi) is 4.58. The van der Waals surface area contributed by atoms with E-state index in [0.29, 0.717) is 0 Å². The topological polar surface area (TPSA) is 29.3 Å². The smallest absolute Gasteiger partial charge is 0.0314 e. The Morgan fingerprint density at radius 1 is 0.947 bits per heavy atom. The Bertz CT molecular complexity index is 517. The molecular weight excluding hydrogens is 232 g/mol. The molecule has 2 aromatic carbocycles. The van der Waals surface area contributed by atoms with Gasteiger partial charge in [-0.15, -0.1) is 0 Å². The Labute approximate surface area is 115 Å². The van der Waals surface area contributed by atoms with E-state index in [1.54, 1.807) is 0 Å². The second-order valence-corrected chi connectivity index (χ2v) is 5.03. The average molecular weight is 254 g/mol. The highest BCUT2D eigenvalue weighted by atomic mass is 15.1. The summed E-state index contributed by atoms with van der Waals surface area (Å²) >= 11 is 0. The zero-order valence-corrected chi connectivity index (χ0v) is 11.8. The van der Waals surface area contributed by atoms with Crippen molar-refractivity contribution in [1.29, 1.82) is 0 Å². The van der Waals surface area contributed by atoms with Gasteiger partial charge in [0.1, 0.15) is 0 Å². The molecule has 0 fully saturated rings. The number of hydrogen-bond donors (Lipinski definition) is 1. The third kappa shape index (κ3) is 4.11. The van der Waals surface area contributed by atoms with E-state index >= 15 is 0 Å². The van der Waals surface area contributed by atoms with E-state index < -0.39 is 0 Å². The maximum absolute atomic E-state index is 5.72. The highest BCUT2D eigenvalue weighted by Crippen LogP contribution is 2.12. The zero-order chi connectivity index (χ0) is 13.7. The fourth-order valence-corrected chi connectivity index (χ4v) is 2.23. The van der Waals surface area contributed by atoms with Crippen LogP contribution in [0.15, 0.2) is 48.5 Å². The second-order valence-electron chi connectivity index (χ2n) is 5.03. The zero-order valence-electron chi connectivity index (χ0n) is 11.8. The number of hydrogen-bond acceptors (Lipinski definition) is 2. The Balaban J connectivity index is 2.02. The lowest BCUT2D eigenvalue weighted by Gasteiger charge is -2.21. The first kappa shape index (κ1) is 13.6. The van der Waals surface area contributed by atoms with E-state index in [1.807, 2.05) is 12.1 Å². The van der Waals surface area contributed by atoms with Gasteiger partial charge in [-0.25, -0.2) is 0 Å². The number of aryl methyl sites for hydroxylation is 1. The van der Waals surface area contributed by atoms with Crippen LogP contribution >= 0.6 is 0 Å². The van der Waals surface area contributed by atoms with Crippen LogP contribution < -0.4 is 5.73 Å². The third-order valence-corrected chi connectivity index (χ3v) is 3.32. The molecule has 0 aliphatic rings. The standard InChI is InChI=1S/C17H22N2/c1-3-19(12-15-7-9-17(18)10-8-15)13-16-6-4-5-14(2)11-16/h4-11H,3,12-13,18H2,1-2H3. The van der Waals surface area contributed by atoms with Gasteiger partial charge < -0.3 is 5.73 Å². The second kappa shape index (κ2) is 6.39. The summed E-state index contributed by atoms with van der Waals surface area (Å²) in [7, 11) is 0. The molecule has 2 aromatic rings. The van der Waals surface area contributed by atoms with Gasteiger partial charge in [-0.05, 0) is 36.7 Å². The number of benzene rings is 2. The molecule has 0 aliphatic heterocycles. The van der Waals surface area contributed by atoms with Crippen molar-refractivity contribution in [2.24, 2.45) is 0 Å². The van der Waals surface area contributed by atoms with Gasteiger partial charge in [0, 0.05) is 18.8 Å². The lowest BCUT2D eigenvalue weighted by atomic mass is 10.1. The molecule has 0 aromatic heterocycles. The number of anilines is 1. The van der Waals surface area contributed by atoms with Crippen molar-refractivity contribution in [3.63, 3.8) is 0 Å². The van der Waals surface area contributed by atoms with Gasteiger partial charge in [0.25, 0.3) is 0 Å². The molecule has 2 rings (SSSR count). The van der Waals surface area contributed by atoms with Crippen molar-refractivity contribution in [3.8, 4) is 0 Å². The summed E-state index contributed by atoms with van der Waals surface area (Å²) in [4.78, 5) is 2.43. The largest absolute Gasteiger partial charge is 0.399 e. The summed E-state index contributed by atoms with van der Waals surface area (Å²) < 4.78 is 0. The number of nitrogen functional groups attached to an aromatic ring is 1. The van der Waals surface area contributed by atoms with Crippen molar-refractivity contribution >= 4 is 5.69 Å². The molecule has 0 saturated heterocycles. The van der Waals surface area contributed by atoms with Crippen LogP contribution in [0.3, 0.4) is 0 Å². The van der Waals surface area contributed by atoms with Crippen LogP contribution in [0.1, 0.15) is 23.6 Å². The van der Waals surface area contributed by atoms with Crippen LogP contribution in [-0.2, 0) is 13.1 Å². The Hall–Kier alpha value is -1.80. The van der Waals surface area contributed by atoms with Crippen LogP contribution in [0, 0.1) is 6.92 Å². The van der Waals surface area contributed by atoms with E-state index in [9.17, 15) is 0 Å². The third-order valence-electron chi connectivity index (χ3n) is 3.32. The first-order valence-electron chi connectivity index (χ1n) is 6.79. The van der Waals surface area contributed by atoms with Gasteiger partial charge in [-0.2, -0.15) is 0 Å². The van der Waals surface area contributed by atoms with Crippen molar-refractivity contribution in [2.45, 2.75) is 26.9 Å². The molecule has 0 spiro atoms. The molecule has 0 heterocycles. The molecule has 2 N–H and O–H groups in total. The van der Waals surface area contributed by atoms with E-state index in [4.69, 9.17) is 5.73 Å². The maximum Gasteiger partial charge on any atom is 0.0314 e. The van der Waals surface area contributed by atoms with Crippen molar-refractivity contribution < 1.29 is 0 Å². The summed E-state index contributed by atoms with van der Waals surface area (Å²) in [5, 5.41) is 0. The van der Waals surface area contributed by atoms with Crippen LogP contribution in [-0.4, -0.2) is 11.4 Å². The van der Waals surface area contributed by atoms with Gasteiger partial charge in [0.2, 0.25) is 0 Å². The summed E-state index contributed by atoms with van der Waals surface area (Å²) in [5.41, 5.74) is 10.5. The van der Waals surface area contributed by atoms with Crippen molar-refractivity contribution in [2.75, 3.05) is 12.3 Å². The minimum absolute atomic E-state index is 0.825. The van der Waals surface area contributed by atoms with Gasteiger partial charge in [0.15, 0.2) is 0 Å². The van der Waals surface area contributed by atoms with Gasteiger partial charge >= 0.3 is 0 Å². The number of rotatable bonds is 5. The highest BCUT2D eigenvalue weighted by molar-refractivity contribution is 5.39. The molecule has 2 nitrogen and oxygen atoms in total. The SMILES string of the molecule is CCN(Cc1ccc(N)cc1)Cc1cccc(C)c1. The van der Waals surface area contributed by atoms with E-state index in [2.05, 4.69) is 55.1 Å². The van der Waals surface area contributed by atoms with E-state index in [1.165, 1.54) is 16.7 Å². The average Bonchev–Trinajstić information content (AvgIpc) is 2.40. The summed E-state index contributed by atoms with van der Waals surface area (Å²) in [6.45, 7) is 7.33. The molecule has 0 unspecified atom stereocenters. The molecule has 0 radical (unpaired) electrons. The Morgan fingerprint density at radius 2 is 1.63 bits per heavy atom. The lowest BCUT2D eigenvalue weighted by Crippen LogP contribution is -2.22. The maximum atomic E-state index is 5.72. The highest BCUT2D eigenvalue weighted by Gasteiger charge is 2.05. The minimum atomic E-state index is 0.825. The first-order chi connectivity index (χ1) is 9.17. The molecule has 0 saturated carbocycles. The molecule has 0 aliphatic carbocycles. The van der Waals surface area contributed by atoms with Crippen LogP contribution in [0.5, 0.6) is 0 Å². The number of nitrogens with two attached hydrogens (primary N) is 1. The lowest BCUT2D eigenvalue weighted by molar-refractivity contribution is 0.271. The normalized spacial score (nSPS) is 10.9. The fourth-order valence-electron chi connectivity index (χ4n) is 2.23. The van der Waals surface area contributed by atoms with Gasteiger partial charge in [-0.1, -0.05) is 48.9 Å². The first-order valence-corrected chi connectivity index (χ1v) is 6.79. The summed E-state index contributed by atoms with van der Waals surface area (Å²) in [5.74, 6) is 0. The molecule has 19 heavy (non-hydrogen) atoms. The van der Waals surface area contributed by atoms with Crippen molar-refractivity contribution in [3.05, 3.63) is 65.2 Å². The van der Waals surface area contributed by atoms with E-state index in [0.717, 1.165) is 25.3 Å². The van der Waals surface area contributed by atoms with Gasteiger partial charge in [0.05, 0.1) is 0 Å². The van der Waals surface area contributed by atoms with E-state index in [-0.39, 0.29) is 0 Å². The predicted octanol–water partition coefficient (Wildman–Crippen LogP) is 3.60. The van der Waals surface area contributed by atoms with Crippen LogP contribution in [0.25, 0.3) is 0 Å². The minimum Gasteiger partial charge on any atom is -0.399 e. The number of nitrogens with zero attached hydrogens (tertiary/aromatic N) is 1.